The van der Waals surface area contributed by atoms with E-state index in [4.69, 9.17) is 9.15 Å². The van der Waals surface area contributed by atoms with Gasteiger partial charge in [-0.15, -0.1) is 0 Å². The highest BCUT2D eigenvalue weighted by molar-refractivity contribution is 5.63. The van der Waals surface area contributed by atoms with Gasteiger partial charge in [0.15, 0.2) is 6.39 Å². The molecule has 0 saturated heterocycles. The van der Waals surface area contributed by atoms with E-state index < -0.39 is 0 Å². The highest BCUT2D eigenvalue weighted by Crippen LogP contribution is 2.28. The molecule has 0 spiro atoms. The van der Waals surface area contributed by atoms with E-state index in [-0.39, 0.29) is 5.82 Å². The second-order valence-corrected chi connectivity index (χ2v) is 5.99. The fourth-order valence-electron chi connectivity index (χ4n) is 2.63. The quantitative estimate of drug-likeness (QED) is 0.665. The minimum Gasteiger partial charge on any atom is -0.427 e. The van der Waals surface area contributed by atoms with Crippen molar-refractivity contribution in [3.05, 3.63) is 53.4 Å². The van der Waals surface area contributed by atoms with Crippen LogP contribution in [0, 0.1) is 19.7 Å². The Bertz CT molecular complexity index is 911. The number of benzene rings is 1. The van der Waals surface area contributed by atoms with Gasteiger partial charge in [-0.1, -0.05) is 0 Å². The summed E-state index contributed by atoms with van der Waals surface area (Å²) in [6.45, 7) is 6.79. The normalized spacial score (nSPS) is 10.9. The zero-order valence-electron chi connectivity index (χ0n) is 15.8. The Kier molecular flexibility index (Phi) is 5.66. The number of halogens is 1. The molecule has 3 rings (SSSR count). The van der Waals surface area contributed by atoms with E-state index in [0.29, 0.717) is 36.5 Å². The Morgan fingerprint density at radius 1 is 1.19 bits per heavy atom. The molecule has 1 aromatic carbocycles. The van der Waals surface area contributed by atoms with Crippen molar-refractivity contribution in [1.29, 1.82) is 0 Å². The van der Waals surface area contributed by atoms with Crippen LogP contribution in [0.5, 0.6) is 0 Å². The molecule has 142 valence electrons. The lowest BCUT2D eigenvalue weighted by atomic mass is 10.2. The standard InChI is InChI=1S/C19H22FN5O2/c1-5-25(15-8-6-14(20)7-9-15)19-22-13(3)12(2)17(24-19)23-18-16(10-26-4)21-11-27-18/h6-9,11H,5,10H2,1-4H3,(H,22,23,24). The molecule has 0 bridgehead atoms. The molecule has 0 unspecified atom stereocenters. The number of aromatic nitrogens is 3. The molecule has 0 fully saturated rings. The molecule has 0 atom stereocenters. The first-order valence-electron chi connectivity index (χ1n) is 8.60. The monoisotopic (exact) mass is 371 g/mol. The molecule has 2 aromatic heterocycles. The molecule has 7 nitrogen and oxygen atoms in total. The SMILES string of the molecule is CCN(c1ccc(F)cc1)c1nc(C)c(C)c(Nc2ocnc2COC)n1. The molecule has 0 aliphatic carbocycles. The van der Waals surface area contributed by atoms with Gasteiger partial charge >= 0.3 is 0 Å². The van der Waals surface area contributed by atoms with Crippen molar-refractivity contribution in [3.63, 3.8) is 0 Å². The summed E-state index contributed by atoms with van der Waals surface area (Å²) in [5.74, 6) is 1.33. The summed E-state index contributed by atoms with van der Waals surface area (Å²) in [6, 6.07) is 6.25. The van der Waals surface area contributed by atoms with Gasteiger partial charge in [0.25, 0.3) is 0 Å². The molecular formula is C19H22FN5O2. The van der Waals surface area contributed by atoms with Crippen molar-refractivity contribution in [2.24, 2.45) is 0 Å². The molecule has 0 aliphatic heterocycles. The Morgan fingerprint density at radius 3 is 2.59 bits per heavy atom. The van der Waals surface area contributed by atoms with Crippen LogP contribution in [0.25, 0.3) is 0 Å². The topological polar surface area (TPSA) is 76.3 Å². The number of nitrogens with zero attached hydrogens (tertiary/aromatic N) is 4. The van der Waals surface area contributed by atoms with Crippen LogP contribution < -0.4 is 10.2 Å². The van der Waals surface area contributed by atoms with Crippen LogP contribution in [-0.2, 0) is 11.3 Å². The van der Waals surface area contributed by atoms with Gasteiger partial charge in [-0.25, -0.2) is 14.4 Å². The smallest absolute Gasteiger partial charge is 0.232 e. The Hall–Kier alpha value is -3.00. The first-order chi connectivity index (χ1) is 13.0. The lowest BCUT2D eigenvalue weighted by Gasteiger charge is -2.22. The Labute approximate surface area is 157 Å². The number of hydrogen-bond donors (Lipinski definition) is 1. The number of hydrogen-bond acceptors (Lipinski definition) is 7. The number of ether oxygens (including phenoxy) is 1. The summed E-state index contributed by atoms with van der Waals surface area (Å²) in [5, 5.41) is 3.18. The van der Waals surface area contributed by atoms with Crippen molar-refractivity contribution < 1.29 is 13.5 Å². The molecule has 0 aliphatic rings. The molecule has 0 amide bonds. The van der Waals surface area contributed by atoms with Crippen LogP contribution in [-0.4, -0.2) is 28.6 Å². The third-order valence-electron chi connectivity index (χ3n) is 4.23. The summed E-state index contributed by atoms with van der Waals surface area (Å²) in [5.41, 5.74) is 3.19. The van der Waals surface area contributed by atoms with Crippen LogP contribution in [0.2, 0.25) is 0 Å². The van der Waals surface area contributed by atoms with Gasteiger partial charge in [0.1, 0.15) is 17.3 Å². The maximum absolute atomic E-state index is 13.3. The van der Waals surface area contributed by atoms with Gasteiger partial charge in [0, 0.05) is 30.6 Å². The van der Waals surface area contributed by atoms with Crippen molar-refractivity contribution in [1.82, 2.24) is 15.0 Å². The fourth-order valence-corrected chi connectivity index (χ4v) is 2.63. The number of oxazole rings is 1. The lowest BCUT2D eigenvalue weighted by molar-refractivity contribution is 0.182. The zero-order chi connectivity index (χ0) is 19.4. The maximum Gasteiger partial charge on any atom is 0.232 e. The van der Waals surface area contributed by atoms with E-state index in [9.17, 15) is 4.39 Å². The van der Waals surface area contributed by atoms with Crippen LogP contribution in [0.1, 0.15) is 23.9 Å². The highest BCUT2D eigenvalue weighted by atomic mass is 19.1. The molecule has 1 N–H and O–H groups in total. The van der Waals surface area contributed by atoms with Gasteiger partial charge in [0.05, 0.1) is 6.61 Å². The van der Waals surface area contributed by atoms with E-state index in [1.807, 2.05) is 25.7 Å². The van der Waals surface area contributed by atoms with Gasteiger partial charge in [-0.3, -0.25) is 0 Å². The average Bonchev–Trinajstić information content (AvgIpc) is 3.08. The number of nitrogens with one attached hydrogen (secondary N) is 1. The summed E-state index contributed by atoms with van der Waals surface area (Å²) >= 11 is 0. The van der Waals surface area contributed by atoms with E-state index in [1.165, 1.54) is 18.5 Å². The highest BCUT2D eigenvalue weighted by Gasteiger charge is 2.17. The van der Waals surface area contributed by atoms with Gasteiger partial charge in [0.2, 0.25) is 11.8 Å². The maximum atomic E-state index is 13.3. The number of aryl methyl sites for hydroxylation is 1. The second-order valence-electron chi connectivity index (χ2n) is 5.99. The van der Waals surface area contributed by atoms with Crippen molar-refractivity contribution in [3.8, 4) is 0 Å². The van der Waals surface area contributed by atoms with Gasteiger partial charge in [-0.05, 0) is 45.0 Å². The van der Waals surface area contributed by atoms with Crippen LogP contribution in [0.4, 0.5) is 27.7 Å². The third kappa shape index (κ3) is 4.06. The predicted molar refractivity (Wildman–Crippen MR) is 101 cm³/mol. The average molecular weight is 371 g/mol. The minimum absolute atomic E-state index is 0.283. The lowest BCUT2D eigenvalue weighted by Crippen LogP contribution is -2.20. The van der Waals surface area contributed by atoms with E-state index >= 15 is 0 Å². The van der Waals surface area contributed by atoms with E-state index in [2.05, 4.69) is 20.3 Å². The number of methoxy groups -OCH3 is 1. The number of anilines is 4. The van der Waals surface area contributed by atoms with Gasteiger partial charge in [-0.2, -0.15) is 4.98 Å². The summed E-state index contributed by atoms with van der Waals surface area (Å²) in [7, 11) is 1.60. The minimum atomic E-state index is -0.283. The fraction of sp³-hybridized carbons (Fsp3) is 0.316. The molecule has 8 heteroatoms. The van der Waals surface area contributed by atoms with Crippen LogP contribution in [0.15, 0.2) is 35.1 Å². The third-order valence-corrected chi connectivity index (χ3v) is 4.23. The van der Waals surface area contributed by atoms with Crippen molar-refractivity contribution in [2.45, 2.75) is 27.4 Å². The summed E-state index contributed by atoms with van der Waals surface area (Å²) < 4.78 is 23.8. The van der Waals surface area contributed by atoms with Crippen LogP contribution >= 0.6 is 0 Å². The molecule has 3 aromatic rings. The van der Waals surface area contributed by atoms with Crippen molar-refractivity contribution >= 4 is 23.3 Å². The predicted octanol–water partition coefficient (Wildman–Crippen LogP) is 4.27. The Morgan fingerprint density at radius 2 is 1.93 bits per heavy atom. The zero-order valence-corrected chi connectivity index (χ0v) is 15.8. The van der Waals surface area contributed by atoms with Crippen LogP contribution in [0.3, 0.4) is 0 Å². The molecule has 2 heterocycles. The molecular weight excluding hydrogens is 349 g/mol. The van der Waals surface area contributed by atoms with E-state index in [0.717, 1.165) is 16.9 Å². The number of rotatable bonds is 7. The van der Waals surface area contributed by atoms with E-state index in [1.54, 1.807) is 19.2 Å². The second kappa shape index (κ2) is 8.13. The summed E-state index contributed by atoms with van der Waals surface area (Å²) in [6.07, 6.45) is 1.36. The Balaban J connectivity index is 1.97. The molecule has 0 radical (unpaired) electrons. The van der Waals surface area contributed by atoms with Gasteiger partial charge < -0.3 is 19.4 Å². The first-order valence-corrected chi connectivity index (χ1v) is 8.60. The molecule has 0 saturated carbocycles. The first kappa shape index (κ1) is 18.8. The van der Waals surface area contributed by atoms with Crippen molar-refractivity contribution in [2.75, 3.05) is 23.9 Å². The summed E-state index contributed by atoms with van der Waals surface area (Å²) in [4.78, 5) is 15.3. The molecule has 27 heavy (non-hydrogen) atoms. The largest absolute Gasteiger partial charge is 0.427 e.